The Morgan fingerprint density at radius 3 is 0.976 bits per heavy atom. The lowest BCUT2D eigenvalue weighted by atomic mass is 10.1. The van der Waals surface area contributed by atoms with Crippen molar-refractivity contribution in [2.45, 2.75) is 0 Å². The first kappa shape index (κ1) is 26.5. The smallest absolute Gasteiger partial charge is 0.0936 e. The number of nitrogens with one attached hydrogen (secondary N) is 2. The maximum Gasteiger partial charge on any atom is 0.0936 e. The SMILES string of the molecule is CNc1ccc(N=Nc2ccc(N=Nc3ccc(N=Nc4ccc(NC)c5ccccc45)cc3)cc2)c2ccccc12. The van der Waals surface area contributed by atoms with E-state index in [1.54, 1.807) is 0 Å². The zero-order chi connectivity index (χ0) is 28.7. The summed E-state index contributed by atoms with van der Waals surface area (Å²) in [6.45, 7) is 0. The van der Waals surface area contributed by atoms with Gasteiger partial charge in [-0.15, -0.1) is 10.2 Å². The summed E-state index contributed by atoms with van der Waals surface area (Å²) in [7, 11) is 3.83. The molecule has 0 aliphatic carbocycles. The number of nitrogens with zero attached hydrogens (tertiary/aromatic N) is 6. The number of benzene rings is 6. The minimum Gasteiger partial charge on any atom is -0.388 e. The van der Waals surface area contributed by atoms with E-state index in [9.17, 15) is 0 Å². The Morgan fingerprint density at radius 2 is 0.643 bits per heavy atom. The molecule has 6 rings (SSSR count). The Morgan fingerprint density at radius 1 is 0.333 bits per heavy atom. The molecule has 6 aromatic carbocycles. The molecule has 0 atom stereocenters. The van der Waals surface area contributed by atoms with E-state index in [0.29, 0.717) is 0 Å². The van der Waals surface area contributed by atoms with Crippen LogP contribution < -0.4 is 10.6 Å². The van der Waals surface area contributed by atoms with Crippen LogP contribution in [-0.2, 0) is 0 Å². The van der Waals surface area contributed by atoms with Crippen LogP contribution in [0.1, 0.15) is 0 Å². The summed E-state index contributed by atoms with van der Waals surface area (Å²) in [6, 6.07) is 39.2. The van der Waals surface area contributed by atoms with Crippen LogP contribution in [0.2, 0.25) is 0 Å². The van der Waals surface area contributed by atoms with Crippen molar-refractivity contribution in [1.82, 2.24) is 0 Å². The van der Waals surface area contributed by atoms with Crippen molar-refractivity contribution in [3.63, 3.8) is 0 Å². The second-order valence-corrected chi connectivity index (χ2v) is 9.49. The molecule has 0 unspecified atom stereocenters. The van der Waals surface area contributed by atoms with E-state index < -0.39 is 0 Å². The average Bonchev–Trinajstić information content (AvgIpc) is 3.06. The van der Waals surface area contributed by atoms with Crippen LogP contribution in [0, 0.1) is 0 Å². The van der Waals surface area contributed by atoms with Crippen LogP contribution >= 0.6 is 0 Å². The van der Waals surface area contributed by atoms with Crippen molar-refractivity contribution in [1.29, 1.82) is 0 Å². The highest BCUT2D eigenvalue weighted by Crippen LogP contribution is 2.34. The summed E-state index contributed by atoms with van der Waals surface area (Å²) in [5.74, 6) is 0. The van der Waals surface area contributed by atoms with Crippen molar-refractivity contribution in [2.24, 2.45) is 30.7 Å². The molecule has 6 aromatic rings. The fourth-order valence-electron chi connectivity index (χ4n) is 4.69. The zero-order valence-corrected chi connectivity index (χ0v) is 23.2. The molecular formula is C34H28N8. The van der Waals surface area contributed by atoms with Gasteiger partial charge in [0.25, 0.3) is 0 Å². The Balaban J connectivity index is 1.12. The maximum atomic E-state index is 4.49. The van der Waals surface area contributed by atoms with Gasteiger partial charge in [0, 0.05) is 47.0 Å². The van der Waals surface area contributed by atoms with Crippen LogP contribution in [0.25, 0.3) is 21.5 Å². The molecule has 2 N–H and O–H groups in total. The summed E-state index contributed by atoms with van der Waals surface area (Å²) >= 11 is 0. The fourth-order valence-corrected chi connectivity index (χ4v) is 4.69. The minimum atomic E-state index is 0.721. The van der Waals surface area contributed by atoms with Crippen molar-refractivity contribution in [2.75, 3.05) is 24.7 Å². The molecule has 0 bridgehead atoms. The molecule has 0 spiro atoms. The third-order valence-electron chi connectivity index (χ3n) is 6.87. The second kappa shape index (κ2) is 12.2. The third kappa shape index (κ3) is 5.73. The minimum absolute atomic E-state index is 0.721. The highest BCUT2D eigenvalue weighted by atomic mass is 15.1. The van der Waals surface area contributed by atoms with Gasteiger partial charge in [0.1, 0.15) is 0 Å². The van der Waals surface area contributed by atoms with Gasteiger partial charge in [0.15, 0.2) is 0 Å². The molecule has 0 heterocycles. The number of hydrogen-bond donors (Lipinski definition) is 2. The van der Waals surface area contributed by atoms with Crippen molar-refractivity contribution >= 4 is 67.0 Å². The molecule has 0 aromatic heterocycles. The Kier molecular flexibility index (Phi) is 7.67. The van der Waals surface area contributed by atoms with Crippen LogP contribution in [0.3, 0.4) is 0 Å². The lowest BCUT2D eigenvalue weighted by Gasteiger charge is -2.07. The summed E-state index contributed by atoms with van der Waals surface area (Å²) in [5.41, 5.74) is 6.66. The molecule has 42 heavy (non-hydrogen) atoms. The molecule has 0 amide bonds. The van der Waals surface area contributed by atoms with Crippen molar-refractivity contribution in [3.8, 4) is 0 Å². The van der Waals surface area contributed by atoms with E-state index >= 15 is 0 Å². The molecule has 0 aliphatic heterocycles. The van der Waals surface area contributed by atoms with Crippen LogP contribution in [-0.4, -0.2) is 14.1 Å². The summed E-state index contributed by atoms with van der Waals surface area (Å²) in [6.07, 6.45) is 0. The lowest BCUT2D eigenvalue weighted by Crippen LogP contribution is -1.88. The largest absolute Gasteiger partial charge is 0.388 e. The van der Waals surface area contributed by atoms with Crippen molar-refractivity contribution in [3.05, 3.63) is 121 Å². The zero-order valence-electron chi connectivity index (χ0n) is 23.2. The molecule has 0 aliphatic rings. The first-order chi connectivity index (χ1) is 20.7. The maximum absolute atomic E-state index is 4.49. The van der Waals surface area contributed by atoms with Gasteiger partial charge in [-0.05, 0) is 72.8 Å². The van der Waals surface area contributed by atoms with E-state index in [4.69, 9.17) is 0 Å². The van der Waals surface area contributed by atoms with Crippen LogP contribution in [0.5, 0.6) is 0 Å². The molecule has 204 valence electrons. The number of hydrogen-bond acceptors (Lipinski definition) is 8. The highest BCUT2D eigenvalue weighted by Gasteiger charge is 2.05. The summed E-state index contributed by atoms with van der Waals surface area (Å²) in [4.78, 5) is 0. The van der Waals surface area contributed by atoms with E-state index in [0.717, 1.165) is 67.0 Å². The number of azo groups is 3. The molecule has 0 fully saturated rings. The predicted octanol–water partition coefficient (Wildman–Crippen LogP) is 11.3. The van der Waals surface area contributed by atoms with Crippen LogP contribution in [0.15, 0.2) is 152 Å². The highest BCUT2D eigenvalue weighted by molar-refractivity contribution is 6.01. The molecule has 8 heteroatoms. The lowest BCUT2D eigenvalue weighted by molar-refractivity contribution is 1.21. The Bertz CT molecular complexity index is 1800. The first-order valence-electron chi connectivity index (χ1n) is 13.6. The van der Waals surface area contributed by atoms with Gasteiger partial charge in [0.2, 0.25) is 0 Å². The number of fused-ring (bicyclic) bond motifs is 2. The van der Waals surface area contributed by atoms with E-state index in [2.05, 4.69) is 53.5 Å². The Hall–Kier alpha value is -5.76. The molecular weight excluding hydrogens is 520 g/mol. The van der Waals surface area contributed by atoms with Crippen LogP contribution in [0.4, 0.5) is 45.5 Å². The Labute approximate surface area is 243 Å². The average molecular weight is 549 g/mol. The topological polar surface area (TPSA) is 98.2 Å². The van der Waals surface area contributed by atoms with Gasteiger partial charge in [-0.3, -0.25) is 0 Å². The van der Waals surface area contributed by atoms with E-state index in [-0.39, 0.29) is 0 Å². The van der Waals surface area contributed by atoms with E-state index in [1.807, 2.05) is 123 Å². The van der Waals surface area contributed by atoms with Gasteiger partial charge in [0.05, 0.1) is 34.1 Å². The fraction of sp³-hybridized carbons (Fsp3) is 0.0588. The first-order valence-corrected chi connectivity index (χ1v) is 13.6. The predicted molar refractivity (Wildman–Crippen MR) is 172 cm³/mol. The summed E-state index contributed by atoms with van der Waals surface area (Å²) < 4.78 is 0. The van der Waals surface area contributed by atoms with E-state index in [1.165, 1.54) is 0 Å². The van der Waals surface area contributed by atoms with Gasteiger partial charge < -0.3 is 10.6 Å². The molecule has 0 radical (unpaired) electrons. The standard InChI is InChI=1S/C34H28N8/c1-35-31-19-21-33(29-9-5-3-7-27(29)31)41-39-25-15-11-23(12-16-25)37-38-24-13-17-26(18-14-24)40-42-34-22-20-32(36-2)28-8-4-6-10-30(28)34/h3-22,35-36H,1-2H3. The number of anilines is 2. The van der Waals surface area contributed by atoms with Gasteiger partial charge in [-0.25, -0.2) is 0 Å². The monoisotopic (exact) mass is 548 g/mol. The normalized spacial score (nSPS) is 11.8. The van der Waals surface area contributed by atoms with Gasteiger partial charge in [-0.2, -0.15) is 20.5 Å². The summed E-state index contributed by atoms with van der Waals surface area (Å²) in [5, 5.41) is 37.3. The van der Waals surface area contributed by atoms with Crippen molar-refractivity contribution < 1.29 is 0 Å². The third-order valence-corrected chi connectivity index (χ3v) is 6.87. The number of rotatable bonds is 8. The second-order valence-electron chi connectivity index (χ2n) is 9.49. The molecule has 8 nitrogen and oxygen atoms in total. The molecule has 0 saturated heterocycles. The van der Waals surface area contributed by atoms with Gasteiger partial charge in [-0.1, -0.05) is 48.5 Å². The van der Waals surface area contributed by atoms with Gasteiger partial charge >= 0.3 is 0 Å². The molecule has 0 saturated carbocycles. The quantitative estimate of drug-likeness (QED) is 0.185.